The molecule has 104 valence electrons. The van der Waals surface area contributed by atoms with E-state index in [1.165, 1.54) is 24.0 Å². The molecule has 1 aromatic carbocycles. The van der Waals surface area contributed by atoms with E-state index in [4.69, 9.17) is 0 Å². The number of hydrogen-bond donors (Lipinski definition) is 2. The van der Waals surface area contributed by atoms with Crippen molar-refractivity contribution in [3.63, 3.8) is 0 Å². The van der Waals surface area contributed by atoms with Gasteiger partial charge in [0.1, 0.15) is 5.82 Å². The summed E-state index contributed by atoms with van der Waals surface area (Å²) in [5.41, 5.74) is 4.61. The van der Waals surface area contributed by atoms with Crippen LogP contribution in [0, 0.1) is 6.92 Å². The van der Waals surface area contributed by atoms with Gasteiger partial charge in [0.25, 0.3) is 0 Å². The molecule has 0 spiro atoms. The van der Waals surface area contributed by atoms with Crippen molar-refractivity contribution in [2.75, 3.05) is 17.7 Å². The van der Waals surface area contributed by atoms with Crippen molar-refractivity contribution in [1.82, 2.24) is 0 Å². The van der Waals surface area contributed by atoms with Gasteiger partial charge in [0.05, 0.1) is 0 Å². The molecule has 0 aliphatic rings. The number of allylic oxidation sites excluding steroid dienone is 1. The molecule has 2 N–H and O–H groups in total. The Bertz CT molecular complexity index is 461. The van der Waals surface area contributed by atoms with Gasteiger partial charge in [0.2, 0.25) is 0 Å². The number of hydrogen-bond acceptors (Lipinski definition) is 3. The van der Waals surface area contributed by atoms with Crippen LogP contribution < -0.4 is 10.6 Å². The second-order valence-corrected chi connectivity index (χ2v) is 4.80. The highest BCUT2D eigenvalue weighted by molar-refractivity contribution is 5.63. The van der Waals surface area contributed by atoms with Crippen molar-refractivity contribution in [2.24, 2.45) is 4.99 Å². The van der Waals surface area contributed by atoms with Crippen LogP contribution >= 0.6 is 0 Å². The summed E-state index contributed by atoms with van der Waals surface area (Å²) in [5, 5.41) is 6.54. The maximum atomic E-state index is 4.13. The molecule has 0 aliphatic heterocycles. The van der Waals surface area contributed by atoms with Crippen LogP contribution in [-0.4, -0.2) is 13.8 Å². The zero-order chi connectivity index (χ0) is 14.3. The SMILES string of the molecule is C=N/C(Nc1cc(NC)ccc1C)=C(/C)CCCC. The molecule has 0 aliphatic carbocycles. The molecule has 0 atom stereocenters. The van der Waals surface area contributed by atoms with Crippen molar-refractivity contribution in [3.8, 4) is 0 Å². The Morgan fingerprint density at radius 1 is 1.37 bits per heavy atom. The summed E-state index contributed by atoms with van der Waals surface area (Å²) in [4.78, 5) is 4.13. The number of unbranched alkanes of at least 4 members (excludes halogenated alkanes) is 1. The van der Waals surface area contributed by atoms with E-state index in [1.54, 1.807) is 0 Å². The van der Waals surface area contributed by atoms with Crippen LogP contribution in [0.25, 0.3) is 0 Å². The van der Waals surface area contributed by atoms with Crippen molar-refractivity contribution < 1.29 is 0 Å². The summed E-state index contributed by atoms with van der Waals surface area (Å²) in [6.07, 6.45) is 3.43. The smallest absolute Gasteiger partial charge is 0.128 e. The topological polar surface area (TPSA) is 36.4 Å². The van der Waals surface area contributed by atoms with Gasteiger partial charge in [0, 0.05) is 18.4 Å². The molecule has 0 aromatic heterocycles. The Morgan fingerprint density at radius 2 is 2.11 bits per heavy atom. The number of aryl methyl sites for hydroxylation is 1. The fraction of sp³-hybridized carbons (Fsp3) is 0.438. The fourth-order valence-electron chi connectivity index (χ4n) is 1.88. The number of benzene rings is 1. The molecular formula is C16H25N3. The lowest BCUT2D eigenvalue weighted by atomic mass is 10.1. The minimum atomic E-state index is 0.879. The molecule has 0 unspecified atom stereocenters. The summed E-state index contributed by atoms with van der Waals surface area (Å²) >= 11 is 0. The first-order valence-electron chi connectivity index (χ1n) is 6.84. The summed E-state index contributed by atoms with van der Waals surface area (Å²) in [6.45, 7) is 10.1. The Labute approximate surface area is 116 Å². The van der Waals surface area contributed by atoms with Gasteiger partial charge in [-0.1, -0.05) is 19.4 Å². The quantitative estimate of drug-likeness (QED) is 0.704. The maximum absolute atomic E-state index is 4.13. The average molecular weight is 259 g/mol. The minimum Gasteiger partial charge on any atom is -0.388 e. The minimum absolute atomic E-state index is 0.879. The standard InChI is InChI=1S/C16H25N3/c1-6-7-8-13(3)16(18-5)19-15-11-14(17-4)10-9-12(15)2/h9-11,17,19H,5-8H2,1-4H3/b16-13+. The summed E-state index contributed by atoms with van der Waals surface area (Å²) in [5.74, 6) is 0.879. The van der Waals surface area contributed by atoms with Gasteiger partial charge in [-0.15, -0.1) is 0 Å². The first kappa shape index (κ1) is 15.3. The fourth-order valence-corrected chi connectivity index (χ4v) is 1.88. The Balaban J connectivity index is 2.94. The third kappa shape index (κ3) is 4.43. The van der Waals surface area contributed by atoms with Crippen molar-refractivity contribution in [1.29, 1.82) is 0 Å². The molecule has 1 aromatic rings. The molecule has 0 radical (unpaired) electrons. The average Bonchev–Trinajstić information content (AvgIpc) is 2.43. The Hall–Kier alpha value is -1.77. The van der Waals surface area contributed by atoms with E-state index in [1.807, 2.05) is 7.05 Å². The van der Waals surface area contributed by atoms with E-state index in [0.717, 1.165) is 23.6 Å². The van der Waals surface area contributed by atoms with Gasteiger partial charge in [-0.3, -0.25) is 0 Å². The molecule has 3 heteroatoms. The highest BCUT2D eigenvalue weighted by Gasteiger charge is 2.04. The summed E-state index contributed by atoms with van der Waals surface area (Å²) < 4.78 is 0. The molecule has 0 heterocycles. The molecule has 0 saturated heterocycles. The largest absolute Gasteiger partial charge is 0.388 e. The molecule has 1 rings (SSSR count). The van der Waals surface area contributed by atoms with Gasteiger partial charge in [0.15, 0.2) is 0 Å². The third-order valence-corrected chi connectivity index (χ3v) is 3.25. The summed E-state index contributed by atoms with van der Waals surface area (Å²) in [7, 11) is 1.92. The lowest BCUT2D eigenvalue weighted by Gasteiger charge is -2.14. The number of anilines is 2. The highest BCUT2D eigenvalue weighted by Crippen LogP contribution is 2.23. The second kappa shape index (κ2) is 7.62. The van der Waals surface area contributed by atoms with E-state index in [9.17, 15) is 0 Å². The Kier molecular flexibility index (Phi) is 6.13. The van der Waals surface area contributed by atoms with Gasteiger partial charge in [-0.2, -0.15) is 0 Å². The van der Waals surface area contributed by atoms with Gasteiger partial charge in [-0.25, -0.2) is 4.99 Å². The monoisotopic (exact) mass is 259 g/mol. The summed E-state index contributed by atoms with van der Waals surface area (Å²) in [6, 6.07) is 6.25. The number of nitrogens with one attached hydrogen (secondary N) is 2. The predicted octanol–water partition coefficient (Wildman–Crippen LogP) is 4.57. The van der Waals surface area contributed by atoms with Crippen LogP contribution in [0.2, 0.25) is 0 Å². The van der Waals surface area contributed by atoms with E-state index in [2.05, 4.69) is 61.3 Å². The highest BCUT2D eigenvalue weighted by atomic mass is 15.0. The van der Waals surface area contributed by atoms with Crippen LogP contribution in [0.15, 0.2) is 34.6 Å². The first-order chi connectivity index (χ1) is 9.12. The first-order valence-corrected chi connectivity index (χ1v) is 6.84. The van der Waals surface area contributed by atoms with E-state index in [-0.39, 0.29) is 0 Å². The van der Waals surface area contributed by atoms with Crippen LogP contribution in [-0.2, 0) is 0 Å². The lowest BCUT2D eigenvalue weighted by Crippen LogP contribution is -2.03. The van der Waals surface area contributed by atoms with E-state index in [0.29, 0.717) is 0 Å². The van der Waals surface area contributed by atoms with Crippen molar-refractivity contribution in [2.45, 2.75) is 40.0 Å². The zero-order valence-electron chi connectivity index (χ0n) is 12.5. The predicted molar refractivity (Wildman–Crippen MR) is 86.1 cm³/mol. The normalized spacial score (nSPS) is 11.8. The zero-order valence-corrected chi connectivity index (χ0v) is 12.5. The van der Waals surface area contributed by atoms with Gasteiger partial charge in [-0.05, 0) is 56.7 Å². The molecule has 19 heavy (non-hydrogen) atoms. The van der Waals surface area contributed by atoms with Crippen molar-refractivity contribution >= 4 is 18.1 Å². The molecule has 0 amide bonds. The molecule has 0 fully saturated rings. The van der Waals surface area contributed by atoms with Gasteiger partial charge >= 0.3 is 0 Å². The second-order valence-electron chi connectivity index (χ2n) is 4.80. The van der Waals surface area contributed by atoms with Crippen LogP contribution in [0.4, 0.5) is 11.4 Å². The maximum Gasteiger partial charge on any atom is 0.128 e. The van der Waals surface area contributed by atoms with Crippen molar-refractivity contribution in [3.05, 3.63) is 35.2 Å². The van der Waals surface area contributed by atoms with E-state index >= 15 is 0 Å². The third-order valence-electron chi connectivity index (χ3n) is 3.25. The number of aliphatic imine (C=N–C) groups is 1. The van der Waals surface area contributed by atoms with Crippen LogP contribution in [0.1, 0.15) is 38.7 Å². The number of nitrogens with zero attached hydrogens (tertiary/aromatic N) is 1. The van der Waals surface area contributed by atoms with Crippen LogP contribution in [0.3, 0.4) is 0 Å². The Morgan fingerprint density at radius 3 is 2.68 bits per heavy atom. The molecule has 0 bridgehead atoms. The van der Waals surface area contributed by atoms with E-state index < -0.39 is 0 Å². The lowest BCUT2D eigenvalue weighted by molar-refractivity contribution is 0.780. The van der Waals surface area contributed by atoms with Gasteiger partial charge < -0.3 is 10.6 Å². The van der Waals surface area contributed by atoms with Crippen LogP contribution in [0.5, 0.6) is 0 Å². The molecule has 3 nitrogen and oxygen atoms in total. The molecule has 0 saturated carbocycles. The molecular weight excluding hydrogens is 234 g/mol. The number of rotatable bonds is 7.